The molecule has 0 bridgehead atoms. The van der Waals surface area contributed by atoms with Crippen LogP contribution < -0.4 is 5.73 Å². The van der Waals surface area contributed by atoms with Gasteiger partial charge in [0.25, 0.3) is 0 Å². The van der Waals surface area contributed by atoms with Gasteiger partial charge in [-0.3, -0.25) is 0 Å². The average Bonchev–Trinajstić information content (AvgIpc) is 3.12. The monoisotopic (exact) mass is 306 g/mol. The topological polar surface area (TPSA) is 56.7 Å². The second kappa shape index (κ2) is 4.48. The first kappa shape index (κ1) is 11.9. The van der Waals surface area contributed by atoms with Gasteiger partial charge < -0.3 is 10.3 Å². The van der Waals surface area contributed by atoms with Crippen LogP contribution in [0, 0.1) is 6.92 Å². The van der Waals surface area contributed by atoms with Crippen molar-refractivity contribution in [2.75, 3.05) is 0 Å². The molecule has 1 aromatic carbocycles. The molecule has 0 spiro atoms. The Morgan fingerprint density at radius 1 is 1.39 bits per heavy atom. The minimum Gasteiger partial charge on any atom is -0.324 e. The maximum Gasteiger partial charge on any atom is 0.165 e. The Balaban J connectivity index is 2.17. The fraction of sp³-hybridized carbons (Fsp3) is 0.385. The number of aryl methyl sites for hydroxylation is 1. The highest BCUT2D eigenvalue weighted by Gasteiger charge is 2.30. The lowest BCUT2D eigenvalue weighted by atomic mass is 10.1. The van der Waals surface area contributed by atoms with Gasteiger partial charge in [-0.15, -0.1) is 10.2 Å². The normalized spacial score (nSPS) is 15.1. The smallest absolute Gasteiger partial charge is 0.165 e. The molecule has 0 saturated heterocycles. The molecule has 4 nitrogen and oxygen atoms in total. The largest absolute Gasteiger partial charge is 0.324 e. The highest BCUT2D eigenvalue weighted by atomic mass is 79.9. The molecule has 18 heavy (non-hydrogen) atoms. The van der Waals surface area contributed by atoms with Gasteiger partial charge in [-0.2, -0.15) is 0 Å². The first-order chi connectivity index (χ1) is 8.72. The molecule has 2 N–H and O–H groups in total. The van der Waals surface area contributed by atoms with E-state index in [1.807, 2.05) is 6.07 Å². The van der Waals surface area contributed by atoms with Gasteiger partial charge >= 0.3 is 0 Å². The van der Waals surface area contributed by atoms with E-state index < -0.39 is 0 Å². The average molecular weight is 307 g/mol. The van der Waals surface area contributed by atoms with Crippen molar-refractivity contribution in [2.24, 2.45) is 5.73 Å². The summed E-state index contributed by atoms with van der Waals surface area (Å²) in [5, 5.41) is 8.53. The summed E-state index contributed by atoms with van der Waals surface area (Å²) in [5.74, 6) is 1.80. The van der Waals surface area contributed by atoms with Crippen molar-refractivity contribution in [2.45, 2.75) is 32.4 Å². The molecule has 94 valence electrons. The molecule has 3 rings (SSSR count). The van der Waals surface area contributed by atoms with Crippen molar-refractivity contribution in [3.8, 4) is 11.4 Å². The second-order valence-corrected chi connectivity index (χ2v) is 5.47. The van der Waals surface area contributed by atoms with Crippen LogP contribution in [0.2, 0.25) is 0 Å². The van der Waals surface area contributed by atoms with Gasteiger partial charge in [0.2, 0.25) is 0 Å². The number of benzene rings is 1. The minimum atomic E-state index is 0.437. The summed E-state index contributed by atoms with van der Waals surface area (Å²) in [7, 11) is 0. The molecule has 0 radical (unpaired) electrons. The standard InChI is InChI=1S/C13H15BrN4/c1-8-3-2-4-10(12(8)14)13-17-16-11(7-15)18(13)9-5-6-9/h2-4,9H,5-7,15H2,1H3. The van der Waals surface area contributed by atoms with Crippen LogP contribution in [0.4, 0.5) is 0 Å². The molecule has 2 aromatic rings. The molecular weight excluding hydrogens is 292 g/mol. The van der Waals surface area contributed by atoms with Crippen molar-refractivity contribution in [3.63, 3.8) is 0 Å². The maximum absolute atomic E-state index is 5.74. The molecule has 1 heterocycles. The van der Waals surface area contributed by atoms with E-state index in [4.69, 9.17) is 5.73 Å². The number of nitrogens with zero attached hydrogens (tertiary/aromatic N) is 3. The molecule has 1 aliphatic carbocycles. The van der Waals surface area contributed by atoms with E-state index in [1.54, 1.807) is 0 Å². The molecule has 0 unspecified atom stereocenters. The predicted molar refractivity (Wildman–Crippen MR) is 74.1 cm³/mol. The number of nitrogens with two attached hydrogens (primary N) is 1. The number of hydrogen-bond acceptors (Lipinski definition) is 3. The van der Waals surface area contributed by atoms with Crippen molar-refractivity contribution < 1.29 is 0 Å². The highest BCUT2D eigenvalue weighted by Crippen LogP contribution is 2.40. The zero-order valence-corrected chi connectivity index (χ0v) is 11.8. The SMILES string of the molecule is Cc1cccc(-c2nnc(CN)n2C2CC2)c1Br. The Hall–Kier alpha value is -1.20. The van der Waals surface area contributed by atoms with Crippen molar-refractivity contribution in [3.05, 3.63) is 34.1 Å². The third kappa shape index (κ3) is 1.87. The first-order valence-corrected chi connectivity index (χ1v) is 6.91. The number of hydrogen-bond donors (Lipinski definition) is 1. The molecule has 0 aliphatic heterocycles. The quantitative estimate of drug-likeness (QED) is 0.948. The van der Waals surface area contributed by atoms with Crippen LogP contribution in [0.1, 0.15) is 30.3 Å². The third-order valence-corrected chi connectivity index (χ3v) is 4.35. The summed E-state index contributed by atoms with van der Waals surface area (Å²) in [6, 6.07) is 6.72. The number of halogens is 1. The molecule has 5 heteroatoms. The Morgan fingerprint density at radius 3 is 2.83 bits per heavy atom. The van der Waals surface area contributed by atoms with E-state index in [-0.39, 0.29) is 0 Å². The number of aromatic nitrogens is 3. The molecule has 1 fully saturated rings. The van der Waals surface area contributed by atoms with Gasteiger partial charge in [-0.25, -0.2) is 0 Å². The lowest BCUT2D eigenvalue weighted by Crippen LogP contribution is -2.08. The minimum absolute atomic E-state index is 0.437. The lowest BCUT2D eigenvalue weighted by Gasteiger charge is -2.10. The molecule has 0 amide bonds. The van der Waals surface area contributed by atoms with E-state index >= 15 is 0 Å². The summed E-state index contributed by atoms with van der Waals surface area (Å²) in [6.07, 6.45) is 2.39. The summed E-state index contributed by atoms with van der Waals surface area (Å²) in [4.78, 5) is 0. The van der Waals surface area contributed by atoms with Crippen LogP contribution in [-0.2, 0) is 6.54 Å². The van der Waals surface area contributed by atoms with E-state index in [9.17, 15) is 0 Å². The zero-order chi connectivity index (χ0) is 12.7. The molecular formula is C13H15BrN4. The van der Waals surface area contributed by atoms with Crippen molar-refractivity contribution in [1.29, 1.82) is 0 Å². The zero-order valence-electron chi connectivity index (χ0n) is 10.2. The third-order valence-electron chi connectivity index (χ3n) is 3.29. The van der Waals surface area contributed by atoms with Gasteiger partial charge in [-0.05, 0) is 41.3 Å². The van der Waals surface area contributed by atoms with E-state index in [1.165, 1.54) is 18.4 Å². The fourth-order valence-electron chi connectivity index (χ4n) is 2.18. The molecule has 0 atom stereocenters. The summed E-state index contributed by atoms with van der Waals surface area (Å²) in [5.41, 5.74) is 8.03. The molecule has 1 saturated carbocycles. The molecule has 1 aromatic heterocycles. The van der Waals surface area contributed by atoms with Gasteiger partial charge in [0.1, 0.15) is 5.82 Å². The Morgan fingerprint density at radius 2 is 2.17 bits per heavy atom. The second-order valence-electron chi connectivity index (χ2n) is 4.68. The van der Waals surface area contributed by atoms with Gasteiger partial charge in [-0.1, -0.05) is 18.2 Å². The number of rotatable bonds is 3. The van der Waals surface area contributed by atoms with Crippen LogP contribution in [-0.4, -0.2) is 14.8 Å². The van der Waals surface area contributed by atoms with E-state index in [2.05, 4.69) is 49.8 Å². The Kier molecular flexibility index (Phi) is 2.95. The van der Waals surface area contributed by atoms with E-state index in [0.29, 0.717) is 12.6 Å². The van der Waals surface area contributed by atoms with Gasteiger partial charge in [0, 0.05) is 16.1 Å². The summed E-state index contributed by atoms with van der Waals surface area (Å²) < 4.78 is 3.28. The highest BCUT2D eigenvalue weighted by molar-refractivity contribution is 9.10. The Labute approximate surface area is 114 Å². The van der Waals surface area contributed by atoms with Gasteiger partial charge in [0.15, 0.2) is 5.82 Å². The van der Waals surface area contributed by atoms with Crippen LogP contribution in [0.25, 0.3) is 11.4 Å². The lowest BCUT2D eigenvalue weighted by molar-refractivity contribution is 0.687. The Bertz CT molecular complexity index is 587. The van der Waals surface area contributed by atoms with Crippen molar-refractivity contribution in [1.82, 2.24) is 14.8 Å². The van der Waals surface area contributed by atoms with Gasteiger partial charge in [0.05, 0.1) is 6.54 Å². The summed E-state index contributed by atoms with van der Waals surface area (Å²) in [6.45, 7) is 2.52. The maximum atomic E-state index is 5.74. The van der Waals surface area contributed by atoms with Crippen LogP contribution in [0.3, 0.4) is 0 Å². The fourth-order valence-corrected chi connectivity index (χ4v) is 2.62. The van der Waals surface area contributed by atoms with Crippen LogP contribution in [0.5, 0.6) is 0 Å². The van der Waals surface area contributed by atoms with Crippen molar-refractivity contribution >= 4 is 15.9 Å². The molecule has 1 aliphatic rings. The van der Waals surface area contributed by atoms with E-state index in [0.717, 1.165) is 21.7 Å². The van der Waals surface area contributed by atoms with Crippen LogP contribution >= 0.6 is 15.9 Å². The first-order valence-electron chi connectivity index (χ1n) is 6.11. The predicted octanol–water partition coefficient (Wildman–Crippen LogP) is 2.81. The summed E-state index contributed by atoms with van der Waals surface area (Å²) >= 11 is 3.64. The van der Waals surface area contributed by atoms with Crippen LogP contribution in [0.15, 0.2) is 22.7 Å².